The predicted octanol–water partition coefficient (Wildman–Crippen LogP) is 2.64. The third-order valence-electron chi connectivity index (χ3n) is 3.47. The summed E-state index contributed by atoms with van der Waals surface area (Å²) in [4.78, 5) is 24.5. The van der Waals surface area contributed by atoms with E-state index in [9.17, 15) is 14.0 Å². The van der Waals surface area contributed by atoms with E-state index in [0.717, 1.165) is 0 Å². The molecule has 0 saturated heterocycles. The molecule has 2 atom stereocenters. The molecule has 1 unspecified atom stereocenters. The van der Waals surface area contributed by atoms with E-state index in [0.29, 0.717) is 5.56 Å². The minimum atomic E-state index is -1.09. The number of hydrogen-bond acceptors (Lipinski definition) is 2. The van der Waals surface area contributed by atoms with Gasteiger partial charge in [0.25, 0.3) is 0 Å². The van der Waals surface area contributed by atoms with Crippen molar-refractivity contribution < 1.29 is 19.1 Å². The maximum absolute atomic E-state index is 13.7. The number of hydrogen-bond donors (Lipinski definition) is 2. The van der Waals surface area contributed by atoms with Crippen molar-refractivity contribution in [1.29, 1.82) is 0 Å². The second-order valence-corrected chi connectivity index (χ2v) is 5.32. The molecule has 0 bridgehead atoms. The van der Waals surface area contributed by atoms with Crippen molar-refractivity contribution >= 4 is 12.0 Å². The Labute approximate surface area is 123 Å². The molecule has 1 aromatic rings. The summed E-state index contributed by atoms with van der Waals surface area (Å²) in [7, 11) is 1.51. The third-order valence-corrected chi connectivity index (χ3v) is 3.47. The molecule has 0 aliphatic heterocycles. The van der Waals surface area contributed by atoms with Gasteiger partial charge in [-0.2, -0.15) is 0 Å². The Morgan fingerprint density at radius 2 is 1.81 bits per heavy atom. The Balaban J connectivity index is 2.83. The molecule has 0 aliphatic carbocycles. The summed E-state index contributed by atoms with van der Waals surface area (Å²) in [5, 5.41) is 11.5. The van der Waals surface area contributed by atoms with Crippen molar-refractivity contribution in [3.8, 4) is 0 Å². The monoisotopic (exact) mass is 296 g/mol. The standard InChI is InChI=1S/C15H21FN2O3/c1-9(2)13(14(19)20)17-15(21)18(4)10(3)11-7-5-6-8-12(11)16/h5-10,13H,1-4H3,(H,17,21)(H,19,20)/t10?,13-/m0/s1. The van der Waals surface area contributed by atoms with Gasteiger partial charge in [0.2, 0.25) is 0 Å². The van der Waals surface area contributed by atoms with Crippen LogP contribution in [-0.2, 0) is 4.79 Å². The lowest BCUT2D eigenvalue weighted by Gasteiger charge is -2.28. The number of benzene rings is 1. The van der Waals surface area contributed by atoms with E-state index in [2.05, 4.69) is 5.32 Å². The quantitative estimate of drug-likeness (QED) is 0.877. The molecule has 2 N–H and O–H groups in total. The lowest BCUT2D eigenvalue weighted by molar-refractivity contribution is -0.140. The molecule has 0 saturated carbocycles. The number of nitrogens with zero attached hydrogens (tertiary/aromatic N) is 1. The maximum Gasteiger partial charge on any atom is 0.326 e. The molecule has 21 heavy (non-hydrogen) atoms. The molecule has 0 spiro atoms. The van der Waals surface area contributed by atoms with Crippen molar-refractivity contribution in [2.45, 2.75) is 32.9 Å². The molecule has 0 radical (unpaired) electrons. The first-order valence-corrected chi connectivity index (χ1v) is 6.76. The summed E-state index contributed by atoms with van der Waals surface area (Å²) >= 11 is 0. The van der Waals surface area contributed by atoms with E-state index >= 15 is 0 Å². The minimum Gasteiger partial charge on any atom is -0.480 e. The highest BCUT2D eigenvalue weighted by atomic mass is 19.1. The van der Waals surface area contributed by atoms with E-state index < -0.39 is 29.9 Å². The van der Waals surface area contributed by atoms with Crippen LogP contribution in [0.2, 0.25) is 0 Å². The summed E-state index contributed by atoms with van der Waals surface area (Å²) in [6.45, 7) is 5.10. The summed E-state index contributed by atoms with van der Waals surface area (Å²) in [5.41, 5.74) is 0.381. The average Bonchev–Trinajstić information content (AvgIpc) is 2.42. The first kappa shape index (κ1) is 16.9. The first-order valence-electron chi connectivity index (χ1n) is 6.76. The largest absolute Gasteiger partial charge is 0.480 e. The number of aliphatic carboxylic acids is 1. The summed E-state index contributed by atoms with van der Waals surface area (Å²) in [5.74, 6) is -1.74. The minimum absolute atomic E-state index is 0.247. The van der Waals surface area contributed by atoms with Crippen LogP contribution < -0.4 is 5.32 Å². The van der Waals surface area contributed by atoms with Crippen LogP contribution in [0.3, 0.4) is 0 Å². The van der Waals surface area contributed by atoms with Crippen LogP contribution in [0.25, 0.3) is 0 Å². The van der Waals surface area contributed by atoms with Crippen LogP contribution in [0, 0.1) is 11.7 Å². The van der Waals surface area contributed by atoms with Crippen LogP contribution in [0.1, 0.15) is 32.4 Å². The van der Waals surface area contributed by atoms with Crippen LogP contribution >= 0.6 is 0 Å². The number of urea groups is 1. The van der Waals surface area contributed by atoms with Gasteiger partial charge in [-0.15, -0.1) is 0 Å². The molecular formula is C15H21FN2O3. The van der Waals surface area contributed by atoms with Gasteiger partial charge in [0, 0.05) is 12.6 Å². The number of halogens is 1. The molecule has 2 amide bonds. The highest BCUT2D eigenvalue weighted by Crippen LogP contribution is 2.21. The highest BCUT2D eigenvalue weighted by Gasteiger charge is 2.27. The zero-order chi connectivity index (χ0) is 16.2. The molecule has 116 valence electrons. The van der Waals surface area contributed by atoms with E-state index in [4.69, 9.17) is 5.11 Å². The molecule has 1 aromatic carbocycles. The van der Waals surface area contributed by atoms with E-state index in [1.165, 1.54) is 18.0 Å². The number of carboxylic acid groups (broad SMARTS) is 1. The lowest BCUT2D eigenvalue weighted by atomic mass is 10.0. The Morgan fingerprint density at radius 3 is 2.29 bits per heavy atom. The number of amides is 2. The van der Waals surface area contributed by atoms with Crippen LogP contribution in [0.5, 0.6) is 0 Å². The maximum atomic E-state index is 13.7. The second-order valence-electron chi connectivity index (χ2n) is 5.32. The number of carboxylic acids is 1. The fraction of sp³-hybridized carbons (Fsp3) is 0.467. The SMILES string of the molecule is CC(C)[C@H](NC(=O)N(C)C(C)c1ccccc1F)C(=O)O. The van der Waals surface area contributed by atoms with Gasteiger partial charge < -0.3 is 15.3 Å². The van der Waals surface area contributed by atoms with Crippen molar-refractivity contribution in [3.05, 3.63) is 35.6 Å². The topological polar surface area (TPSA) is 69.6 Å². The van der Waals surface area contributed by atoms with Gasteiger partial charge in [0.1, 0.15) is 11.9 Å². The molecular weight excluding hydrogens is 275 g/mol. The van der Waals surface area contributed by atoms with Crippen molar-refractivity contribution in [3.63, 3.8) is 0 Å². The van der Waals surface area contributed by atoms with Gasteiger partial charge in [-0.25, -0.2) is 14.0 Å². The lowest BCUT2D eigenvalue weighted by Crippen LogP contribution is -2.49. The molecule has 6 heteroatoms. The predicted molar refractivity (Wildman–Crippen MR) is 77.4 cm³/mol. The van der Waals surface area contributed by atoms with Crippen LogP contribution in [-0.4, -0.2) is 35.1 Å². The number of carbonyl (C=O) groups excluding carboxylic acids is 1. The zero-order valence-electron chi connectivity index (χ0n) is 12.6. The van der Waals surface area contributed by atoms with Gasteiger partial charge in [-0.1, -0.05) is 32.0 Å². The number of carbonyl (C=O) groups is 2. The van der Waals surface area contributed by atoms with Gasteiger partial charge in [0.05, 0.1) is 6.04 Å². The third kappa shape index (κ3) is 4.18. The van der Waals surface area contributed by atoms with E-state index in [-0.39, 0.29) is 5.92 Å². The Bertz CT molecular complexity index is 519. The molecule has 5 nitrogen and oxygen atoms in total. The number of rotatable bonds is 5. The van der Waals surface area contributed by atoms with E-state index in [1.54, 1.807) is 39.0 Å². The highest BCUT2D eigenvalue weighted by molar-refractivity contribution is 5.82. The fourth-order valence-electron chi connectivity index (χ4n) is 1.95. The molecule has 0 aliphatic rings. The van der Waals surface area contributed by atoms with E-state index in [1.807, 2.05) is 0 Å². The number of nitrogens with one attached hydrogen (secondary N) is 1. The Kier molecular flexibility index (Phi) is 5.69. The van der Waals surface area contributed by atoms with Gasteiger partial charge in [-0.05, 0) is 18.9 Å². The molecule has 0 heterocycles. The van der Waals surface area contributed by atoms with Gasteiger partial charge >= 0.3 is 12.0 Å². The Hall–Kier alpha value is -2.11. The molecule has 0 aromatic heterocycles. The van der Waals surface area contributed by atoms with Crippen molar-refractivity contribution in [2.75, 3.05) is 7.05 Å². The molecule has 0 fully saturated rings. The fourth-order valence-corrected chi connectivity index (χ4v) is 1.95. The van der Waals surface area contributed by atoms with Crippen LogP contribution in [0.4, 0.5) is 9.18 Å². The Morgan fingerprint density at radius 1 is 1.24 bits per heavy atom. The van der Waals surface area contributed by atoms with Gasteiger partial charge in [-0.3, -0.25) is 0 Å². The van der Waals surface area contributed by atoms with Crippen LogP contribution in [0.15, 0.2) is 24.3 Å². The summed E-state index contributed by atoms with van der Waals surface area (Å²) in [6.07, 6.45) is 0. The van der Waals surface area contributed by atoms with Crippen molar-refractivity contribution in [1.82, 2.24) is 10.2 Å². The molecule has 1 rings (SSSR count). The van der Waals surface area contributed by atoms with Crippen molar-refractivity contribution in [2.24, 2.45) is 5.92 Å². The normalized spacial score (nSPS) is 13.6. The smallest absolute Gasteiger partial charge is 0.326 e. The summed E-state index contributed by atoms with van der Waals surface area (Å²) < 4.78 is 13.7. The average molecular weight is 296 g/mol. The second kappa shape index (κ2) is 7.06. The summed E-state index contributed by atoms with van der Waals surface area (Å²) in [6, 6.07) is 4.15. The zero-order valence-corrected chi connectivity index (χ0v) is 12.6. The first-order chi connectivity index (χ1) is 9.75. The van der Waals surface area contributed by atoms with Gasteiger partial charge in [0.15, 0.2) is 0 Å².